The molecular weight excluding hydrogens is 460 g/mol. The van der Waals surface area contributed by atoms with Crippen LogP contribution in [0.4, 0.5) is 20.5 Å². The summed E-state index contributed by atoms with van der Waals surface area (Å²) in [5, 5.41) is 7.27. The number of anilines is 2. The molecule has 35 heavy (non-hydrogen) atoms. The van der Waals surface area contributed by atoms with E-state index in [1.807, 2.05) is 0 Å². The quantitative estimate of drug-likeness (QED) is 0.516. The van der Waals surface area contributed by atoms with E-state index in [9.17, 15) is 0 Å². The highest BCUT2D eigenvalue weighted by Gasteiger charge is 2.25. The highest BCUT2D eigenvalue weighted by molar-refractivity contribution is 5.92. The normalized spacial score (nSPS) is 18.6. The van der Waals surface area contributed by atoms with Crippen LogP contribution in [0.5, 0.6) is 11.5 Å². The second-order valence-corrected chi connectivity index (χ2v) is 8.51. The number of methoxy groups -OCH3 is 2. The lowest BCUT2D eigenvalue weighted by molar-refractivity contribution is 0.0904. The Labute approximate surface area is 201 Å². The van der Waals surface area contributed by atoms with Crippen molar-refractivity contribution in [2.75, 3.05) is 51.3 Å². The van der Waals surface area contributed by atoms with E-state index < -0.39 is 11.6 Å². The molecule has 0 spiro atoms. The third-order valence-corrected chi connectivity index (χ3v) is 6.22. The van der Waals surface area contributed by atoms with Crippen LogP contribution in [0.25, 0.3) is 22.2 Å². The third-order valence-electron chi connectivity index (χ3n) is 6.22. The van der Waals surface area contributed by atoms with Gasteiger partial charge in [0.1, 0.15) is 5.52 Å². The minimum Gasteiger partial charge on any atom is -0.494 e. The van der Waals surface area contributed by atoms with Crippen molar-refractivity contribution in [3.8, 4) is 22.8 Å². The highest BCUT2D eigenvalue weighted by Crippen LogP contribution is 2.38. The molecule has 2 aliphatic rings. The first kappa shape index (κ1) is 23.4. The molecule has 4 heterocycles. The molecule has 186 valence electrons. The first-order chi connectivity index (χ1) is 17.1. The molecule has 2 aromatic heterocycles. The maximum absolute atomic E-state index is 15.3. The largest absolute Gasteiger partial charge is 0.494 e. The number of rotatable bonds is 7. The molecule has 2 aliphatic heterocycles. The molecule has 9 nitrogen and oxygen atoms in total. The fourth-order valence-corrected chi connectivity index (χ4v) is 4.31. The summed E-state index contributed by atoms with van der Waals surface area (Å²) in [5.74, 6) is -1.16. The van der Waals surface area contributed by atoms with Gasteiger partial charge < -0.3 is 29.6 Å². The van der Waals surface area contributed by atoms with Gasteiger partial charge in [-0.05, 0) is 25.3 Å². The Hall–Kier alpha value is -3.31. The molecule has 2 fully saturated rings. The number of aromatic nitrogens is 3. The van der Waals surface area contributed by atoms with Crippen molar-refractivity contribution in [2.45, 2.75) is 31.3 Å². The zero-order chi connectivity index (χ0) is 24.4. The molecule has 0 bridgehead atoms. The summed E-state index contributed by atoms with van der Waals surface area (Å²) in [6.07, 6.45) is 4.04. The number of hydrogen-bond acceptors (Lipinski definition) is 9. The molecule has 1 unspecified atom stereocenters. The fourth-order valence-electron chi connectivity index (χ4n) is 4.31. The number of pyridine rings is 1. The lowest BCUT2D eigenvalue weighted by Gasteiger charge is -2.24. The molecule has 2 N–H and O–H groups in total. The van der Waals surface area contributed by atoms with Gasteiger partial charge in [0.2, 0.25) is 5.95 Å². The minimum atomic E-state index is -0.866. The van der Waals surface area contributed by atoms with E-state index in [-0.39, 0.29) is 34.8 Å². The van der Waals surface area contributed by atoms with Gasteiger partial charge >= 0.3 is 0 Å². The van der Waals surface area contributed by atoms with Crippen molar-refractivity contribution in [3.63, 3.8) is 0 Å². The summed E-state index contributed by atoms with van der Waals surface area (Å²) in [6.45, 7) is 2.51. The zero-order valence-corrected chi connectivity index (χ0v) is 19.6. The lowest BCUT2D eigenvalue weighted by atomic mass is 10.1. The van der Waals surface area contributed by atoms with Crippen molar-refractivity contribution >= 4 is 22.7 Å². The van der Waals surface area contributed by atoms with Crippen LogP contribution in [0.2, 0.25) is 0 Å². The summed E-state index contributed by atoms with van der Waals surface area (Å²) in [5.41, 5.74) is 0.281. The molecule has 0 aliphatic carbocycles. The number of ether oxygens (including phenoxy) is 4. The number of nitrogens with one attached hydrogen (secondary N) is 2. The van der Waals surface area contributed by atoms with E-state index >= 15 is 8.78 Å². The van der Waals surface area contributed by atoms with Crippen LogP contribution in [0.3, 0.4) is 0 Å². The van der Waals surface area contributed by atoms with E-state index in [4.69, 9.17) is 18.9 Å². The van der Waals surface area contributed by atoms with E-state index in [0.29, 0.717) is 49.1 Å². The van der Waals surface area contributed by atoms with Gasteiger partial charge in [0.15, 0.2) is 29.0 Å². The van der Waals surface area contributed by atoms with E-state index in [0.717, 1.165) is 19.3 Å². The van der Waals surface area contributed by atoms with Crippen molar-refractivity contribution < 1.29 is 27.7 Å². The number of benzene rings is 1. The van der Waals surface area contributed by atoms with E-state index in [1.54, 1.807) is 12.3 Å². The molecule has 1 atom stereocenters. The van der Waals surface area contributed by atoms with Crippen LogP contribution in [-0.4, -0.2) is 67.7 Å². The SMILES string of the molecule is COc1cc(OC)c(F)c(-c2cc3cnc(NC4CCOC4)nc3c(NC3CCOCC3)n2)c1F. The minimum absolute atomic E-state index is 0.0766. The molecule has 0 radical (unpaired) electrons. The predicted molar refractivity (Wildman–Crippen MR) is 126 cm³/mol. The van der Waals surface area contributed by atoms with Crippen molar-refractivity contribution in [2.24, 2.45) is 0 Å². The van der Waals surface area contributed by atoms with Crippen molar-refractivity contribution in [3.05, 3.63) is 30.0 Å². The Morgan fingerprint density at radius 2 is 1.57 bits per heavy atom. The lowest BCUT2D eigenvalue weighted by Crippen LogP contribution is -2.28. The standard InChI is InChI=1S/C24H27F2N5O4/c1-32-17-10-18(33-2)21(26)19(20(17)25)16-9-13-11-27-24(29-15-5-8-35-12-15)31-22(13)23(30-16)28-14-3-6-34-7-4-14/h9-11,14-15H,3-8,12H2,1-2H3,(H,28,30)(H,27,29,31). The number of nitrogens with zero attached hydrogens (tertiary/aromatic N) is 3. The van der Waals surface area contributed by atoms with Crippen LogP contribution < -0.4 is 20.1 Å². The van der Waals surface area contributed by atoms with Crippen molar-refractivity contribution in [1.29, 1.82) is 0 Å². The topological polar surface area (TPSA) is 99.7 Å². The Balaban J connectivity index is 1.62. The second kappa shape index (κ2) is 10.1. The highest BCUT2D eigenvalue weighted by atomic mass is 19.1. The maximum Gasteiger partial charge on any atom is 0.223 e. The molecule has 0 amide bonds. The van der Waals surface area contributed by atoms with Crippen molar-refractivity contribution in [1.82, 2.24) is 15.0 Å². The van der Waals surface area contributed by atoms with Crippen LogP contribution in [0.1, 0.15) is 19.3 Å². The average molecular weight is 488 g/mol. The Morgan fingerprint density at radius 3 is 2.23 bits per heavy atom. The predicted octanol–water partition coefficient (Wildman–Crippen LogP) is 3.78. The molecule has 3 aromatic rings. The van der Waals surface area contributed by atoms with Gasteiger partial charge in [-0.25, -0.2) is 23.7 Å². The fraction of sp³-hybridized carbons (Fsp3) is 0.458. The third kappa shape index (κ3) is 4.78. The van der Waals surface area contributed by atoms with Gasteiger partial charge in [0.05, 0.1) is 38.1 Å². The average Bonchev–Trinajstić information content (AvgIpc) is 3.38. The Kier molecular flexibility index (Phi) is 6.78. The summed E-state index contributed by atoms with van der Waals surface area (Å²) in [7, 11) is 2.62. The molecular formula is C24H27F2N5O4. The van der Waals surface area contributed by atoms with Gasteiger partial charge in [-0.3, -0.25) is 0 Å². The second-order valence-electron chi connectivity index (χ2n) is 8.51. The Morgan fingerprint density at radius 1 is 0.886 bits per heavy atom. The number of hydrogen-bond donors (Lipinski definition) is 2. The molecule has 2 saturated heterocycles. The van der Waals surface area contributed by atoms with Gasteiger partial charge in [0, 0.05) is 43.5 Å². The summed E-state index contributed by atoms with van der Waals surface area (Å²) in [6, 6.07) is 2.94. The van der Waals surface area contributed by atoms with E-state index in [2.05, 4.69) is 25.6 Å². The van der Waals surface area contributed by atoms with Gasteiger partial charge in [-0.1, -0.05) is 0 Å². The molecule has 1 aromatic carbocycles. The molecule has 11 heteroatoms. The molecule has 5 rings (SSSR count). The zero-order valence-electron chi connectivity index (χ0n) is 19.6. The Bertz CT molecular complexity index is 1190. The molecule has 0 saturated carbocycles. The van der Waals surface area contributed by atoms with Crippen LogP contribution >= 0.6 is 0 Å². The summed E-state index contributed by atoms with van der Waals surface area (Å²) < 4.78 is 51.6. The van der Waals surface area contributed by atoms with E-state index in [1.165, 1.54) is 20.3 Å². The van der Waals surface area contributed by atoms with Gasteiger partial charge in [-0.15, -0.1) is 0 Å². The first-order valence-corrected chi connectivity index (χ1v) is 11.5. The summed E-state index contributed by atoms with van der Waals surface area (Å²) in [4.78, 5) is 13.7. The maximum atomic E-state index is 15.3. The van der Waals surface area contributed by atoms with Crippen LogP contribution in [-0.2, 0) is 9.47 Å². The smallest absolute Gasteiger partial charge is 0.223 e. The monoisotopic (exact) mass is 487 g/mol. The van der Waals surface area contributed by atoms with Crippen LogP contribution in [0.15, 0.2) is 18.3 Å². The number of fused-ring (bicyclic) bond motifs is 1. The number of halogens is 2. The summed E-state index contributed by atoms with van der Waals surface area (Å²) >= 11 is 0. The first-order valence-electron chi connectivity index (χ1n) is 11.5. The van der Waals surface area contributed by atoms with Crippen LogP contribution in [0, 0.1) is 11.6 Å². The van der Waals surface area contributed by atoms with Gasteiger partial charge in [0.25, 0.3) is 0 Å². The van der Waals surface area contributed by atoms with Gasteiger partial charge in [-0.2, -0.15) is 0 Å².